The third kappa shape index (κ3) is 1.79. The van der Waals surface area contributed by atoms with Crippen molar-refractivity contribution in [2.24, 2.45) is 41.4 Å². The molecule has 0 spiro atoms. The Morgan fingerprint density at radius 3 is 2.63 bits per heavy atom. The topological polar surface area (TPSA) is 0 Å². The van der Waals surface area contributed by atoms with Crippen molar-refractivity contribution in [1.82, 2.24) is 0 Å². The molecule has 8 atom stereocenters. The van der Waals surface area contributed by atoms with Crippen LogP contribution in [-0.4, -0.2) is 11.0 Å². The highest BCUT2D eigenvalue weighted by atomic mass is 32.2. The highest BCUT2D eigenvalue weighted by molar-refractivity contribution is 7.99. The molecule has 0 N–H and O–H groups in total. The molecule has 0 radical (unpaired) electrons. The number of unbranched alkanes of at least 4 members (excludes halogenated alkanes) is 1. The Labute approximate surface area is 122 Å². The van der Waals surface area contributed by atoms with Crippen molar-refractivity contribution in [2.45, 2.75) is 50.7 Å². The van der Waals surface area contributed by atoms with E-state index in [1.165, 1.54) is 25.0 Å². The van der Waals surface area contributed by atoms with Gasteiger partial charge in [-0.2, -0.15) is 11.8 Å². The molecule has 0 nitrogen and oxygen atoms in total. The maximum absolute atomic E-state index is 4.11. The van der Waals surface area contributed by atoms with Crippen molar-refractivity contribution in [3.63, 3.8) is 0 Å². The molecule has 0 saturated heterocycles. The van der Waals surface area contributed by atoms with Crippen molar-refractivity contribution in [3.8, 4) is 0 Å². The van der Waals surface area contributed by atoms with Crippen molar-refractivity contribution < 1.29 is 0 Å². The average Bonchev–Trinajstić information content (AvgIpc) is 3.15. The van der Waals surface area contributed by atoms with Gasteiger partial charge in [0, 0.05) is 5.25 Å². The van der Waals surface area contributed by atoms with Crippen LogP contribution in [0.15, 0.2) is 12.7 Å². The summed E-state index contributed by atoms with van der Waals surface area (Å²) in [7, 11) is 0. The van der Waals surface area contributed by atoms with Gasteiger partial charge in [0.25, 0.3) is 0 Å². The first-order valence-corrected chi connectivity index (χ1v) is 9.62. The molecule has 19 heavy (non-hydrogen) atoms. The summed E-state index contributed by atoms with van der Waals surface area (Å²) in [6.45, 7) is 6.43. The Morgan fingerprint density at radius 2 is 1.84 bits per heavy atom. The highest BCUT2D eigenvalue weighted by Crippen LogP contribution is 2.70. The zero-order chi connectivity index (χ0) is 13.0. The van der Waals surface area contributed by atoms with Gasteiger partial charge in [0.2, 0.25) is 0 Å². The SMILES string of the molecule is C=C[C@@H]1CC2CC1C1C2[C@@H]2C[C@H](SCCCC)[C@H]1C2. The van der Waals surface area contributed by atoms with Crippen molar-refractivity contribution in [2.75, 3.05) is 5.75 Å². The smallest absolute Gasteiger partial charge is 0.00810 e. The maximum atomic E-state index is 4.11. The van der Waals surface area contributed by atoms with Crippen LogP contribution in [0.5, 0.6) is 0 Å². The fourth-order valence-electron chi connectivity index (χ4n) is 6.44. The number of hydrogen-bond donors (Lipinski definition) is 0. The largest absolute Gasteiger partial charge is 0.158 e. The van der Waals surface area contributed by atoms with Gasteiger partial charge in [0.05, 0.1) is 0 Å². The summed E-state index contributed by atoms with van der Waals surface area (Å²) < 4.78 is 0. The van der Waals surface area contributed by atoms with E-state index < -0.39 is 0 Å². The summed E-state index contributed by atoms with van der Waals surface area (Å²) in [6.07, 6.45) is 11.3. The van der Waals surface area contributed by atoms with E-state index in [4.69, 9.17) is 0 Å². The standard InChI is InChI=1S/C18H28S/c1-3-5-6-19-16-10-13-9-15(16)18-14-8-12(17(13)18)7-11(14)4-2/h4,11-18H,2-3,5-10H2,1H3/t11-,12?,13+,14?,15-,16+,17?,18?/m1/s1. The van der Waals surface area contributed by atoms with Crippen LogP contribution in [0.4, 0.5) is 0 Å². The van der Waals surface area contributed by atoms with Crippen LogP contribution in [0.25, 0.3) is 0 Å². The molecule has 4 saturated carbocycles. The zero-order valence-electron chi connectivity index (χ0n) is 12.3. The number of allylic oxidation sites excluding steroid dienone is 1. The highest BCUT2D eigenvalue weighted by Gasteiger charge is 2.63. The van der Waals surface area contributed by atoms with Gasteiger partial charge in [-0.1, -0.05) is 19.4 Å². The number of hydrogen-bond acceptors (Lipinski definition) is 1. The monoisotopic (exact) mass is 276 g/mol. The minimum atomic E-state index is 0.881. The van der Waals surface area contributed by atoms with Crippen molar-refractivity contribution >= 4 is 11.8 Å². The molecule has 4 aliphatic rings. The van der Waals surface area contributed by atoms with Crippen LogP contribution < -0.4 is 0 Å². The molecule has 4 rings (SSSR count). The van der Waals surface area contributed by atoms with Gasteiger partial charge in [0.1, 0.15) is 0 Å². The van der Waals surface area contributed by atoms with Crippen LogP contribution in [0.1, 0.15) is 45.4 Å². The van der Waals surface area contributed by atoms with E-state index in [-0.39, 0.29) is 0 Å². The average molecular weight is 276 g/mol. The normalized spacial score (nSPS) is 53.7. The predicted molar refractivity (Wildman–Crippen MR) is 84.2 cm³/mol. The van der Waals surface area contributed by atoms with Gasteiger partial charge in [-0.05, 0) is 79.3 Å². The number of thioether (sulfide) groups is 1. The Balaban J connectivity index is 1.47. The van der Waals surface area contributed by atoms with Crippen LogP contribution in [0.3, 0.4) is 0 Å². The first-order valence-electron chi connectivity index (χ1n) is 8.57. The maximum Gasteiger partial charge on any atom is 0.00810 e. The van der Waals surface area contributed by atoms with E-state index >= 15 is 0 Å². The minimum absolute atomic E-state index is 0.881. The quantitative estimate of drug-likeness (QED) is 0.387. The van der Waals surface area contributed by atoms with Gasteiger partial charge in [-0.15, -0.1) is 6.58 Å². The summed E-state index contributed by atoms with van der Waals surface area (Å²) in [6, 6.07) is 0. The van der Waals surface area contributed by atoms with Gasteiger partial charge in [0.15, 0.2) is 0 Å². The van der Waals surface area contributed by atoms with Gasteiger partial charge in [-0.3, -0.25) is 0 Å². The van der Waals surface area contributed by atoms with Crippen LogP contribution in [-0.2, 0) is 0 Å². The number of rotatable bonds is 5. The molecule has 0 aliphatic heterocycles. The first kappa shape index (κ1) is 12.8. The molecular weight excluding hydrogens is 248 g/mol. The second kappa shape index (κ2) is 4.83. The lowest BCUT2D eigenvalue weighted by atomic mass is 9.67. The van der Waals surface area contributed by atoms with Crippen LogP contribution in [0.2, 0.25) is 0 Å². The molecule has 106 valence electrons. The van der Waals surface area contributed by atoms with E-state index in [1.54, 1.807) is 19.3 Å². The molecule has 4 aliphatic carbocycles. The van der Waals surface area contributed by atoms with Crippen molar-refractivity contribution in [1.29, 1.82) is 0 Å². The third-order valence-corrected chi connectivity index (χ3v) is 8.44. The molecule has 0 amide bonds. The second-order valence-corrected chi connectivity index (χ2v) is 8.95. The van der Waals surface area contributed by atoms with E-state index in [1.807, 2.05) is 0 Å². The lowest BCUT2D eigenvalue weighted by Crippen LogP contribution is -2.36. The lowest BCUT2D eigenvalue weighted by Gasteiger charge is -2.41. The molecule has 4 bridgehead atoms. The predicted octanol–water partition coefficient (Wildman–Crippen LogP) is 5.00. The van der Waals surface area contributed by atoms with Gasteiger partial charge < -0.3 is 0 Å². The van der Waals surface area contributed by atoms with Crippen molar-refractivity contribution in [3.05, 3.63) is 12.7 Å². The molecular formula is C18H28S. The van der Waals surface area contributed by atoms with Gasteiger partial charge >= 0.3 is 0 Å². The molecule has 1 heteroatoms. The Hall–Kier alpha value is 0.0900. The zero-order valence-corrected chi connectivity index (χ0v) is 13.1. The summed E-state index contributed by atoms with van der Waals surface area (Å²) in [5.41, 5.74) is 0. The Kier molecular flexibility index (Phi) is 3.25. The van der Waals surface area contributed by atoms with E-state index in [9.17, 15) is 0 Å². The van der Waals surface area contributed by atoms with Gasteiger partial charge in [-0.25, -0.2) is 0 Å². The second-order valence-electron chi connectivity index (χ2n) is 7.61. The first-order chi connectivity index (χ1) is 9.33. The molecule has 0 aromatic rings. The fraction of sp³-hybridized carbons (Fsp3) is 0.889. The molecule has 0 aromatic heterocycles. The summed E-state index contributed by atoms with van der Waals surface area (Å²) >= 11 is 2.33. The molecule has 4 fully saturated rings. The molecule has 0 aromatic carbocycles. The minimum Gasteiger partial charge on any atom is -0.158 e. The van der Waals surface area contributed by atoms with E-state index in [0.29, 0.717) is 0 Å². The summed E-state index contributed by atoms with van der Waals surface area (Å²) in [4.78, 5) is 0. The Bertz CT molecular complexity index is 363. The third-order valence-electron chi connectivity index (χ3n) is 6.94. The van der Waals surface area contributed by atoms with E-state index in [0.717, 1.165) is 46.7 Å². The van der Waals surface area contributed by atoms with E-state index in [2.05, 4.69) is 31.3 Å². The lowest BCUT2D eigenvalue weighted by molar-refractivity contribution is 0.125. The summed E-state index contributed by atoms with van der Waals surface area (Å²) in [5.74, 6) is 8.90. The van der Waals surface area contributed by atoms with Crippen LogP contribution >= 0.6 is 11.8 Å². The summed E-state index contributed by atoms with van der Waals surface area (Å²) in [5, 5.41) is 1.03. The fourth-order valence-corrected chi connectivity index (χ4v) is 8.12. The Morgan fingerprint density at radius 1 is 1.05 bits per heavy atom. The molecule has 4 unspecified atom stereocenters. The molecule has 0 heterocycles. The van der Waals surface area contributed by atoms with Crippen LogP contribution in [0, 0.1) is 41.4 Å². The number of fused-ring (bicyclic) bond motifs is 9.